The van der Waals surface area contributed by atoms with E-state index in [0.29, 0.717) is 18.0 Å². The van der Waals surface area contributed by atoms with Crippen LogP contribution in [0.25, 0.3) is 10.9 Å². The maximum Gasteiger partial charge on any atom is 0.239 e. The van der Waals surface area contributed by atoms with Crippen molar-refractivity contribution in [2.24, 2.45) is 5.10 Å². The van der Waals surface area contributed by atoms with Gasteiger partial charge in [0.25, 0.3) is 0 Å². The van der Waals surface area contributed by atoms with Crippen LogP contribution in [0.15, 0.2) is 59.7 Å². The van der Waals surface area contributed by atoms with Gasteiger partial charge in [0, 0.05) is 18.7 Å². The summed E-state index contributed by atoms with van der Waals surface area (Å²) in [5.41, 5.74) is 4.93. The number of rotatable bonds is 3. The zero-order valence-electron chi connectivity index (χ0n) is 15.3. The number of nitrogens with zero attached hydrogens (tertiary/aromatic N) is 3. The predicted molar refractivity (Wildman–Crippen MR) is 109 cm³/mol. The fourth-order valence-corrected chi connectivity index (χ4v) is 3.84. The standard InChI is InChI=1S/C22H20ClN3O/c1-14-7-6-10-17-11-18(22(23)24-21(14)17)12-19-13-20(25-26(19)15(2)27)16-8-4-3-5-9-16/h3-11,19H,12-13H2,1-2H3/t19-/m1/s1. The van der Waals surface area contributed by atoms with Gasteiger partial charge in [0.05, 0.1) is 17.3 Å². The maximum absolute atomic E-state index is 12.1. The maximum atomic E-state index is 12.1. The second-order valence-electron chi connectivity index (χ2n) is 6.92. The van der Waals surface area contributed by atoms with Gasteiger partial charge in [-0.1, -0.05) is 60.1 Å². The summed E-state index contributed by atoms with van der Waals surface area (Å²) in [4.78, 5) is 16.7. The van der Waals surface area contributed by atoms with E-state index in [1.807, 2.05) is 55.5 Å². The van der Waals surface area contributed by atoms with Crippen molar-refractivity contribution in [1.82, 2.24) is 9.99 Å². The second-order valence-corrected chi connectivity index (χ2v) is 7.28. The van der Waals surface area contributed by atoms with E-state index in [1.54, 1.807) is 11.9 Å². The van der Waals surface area contributed by atoms with E-state index in [1.165, 1.54) is 0 Å². The number of pyridine rings is 1. The predicted octanol–water partition coefficient (Wildman–Crippen LogP) is 4.76. The number of aryl methyl sites for hydroxylation is 1. The Morgan fingerprint density at radius 3 is 2.70 bits per heavy atom. The van der Waals surface area contributed by atoms with Crippen LogP contribution in [0.5, 0.6) is 0 Å². The van der Waals surface area contributed by atoms with E-state index in [-0.39, 0.29) is 11.9 Å². The first-order valence-corrected chi connectivity index (χ1v) is 9.38. The van der Waals surface area contributed by atoms with Crippen LogP contribution in [0, 0.1) is 6.92 Å². The summed E-state index contributed by atoms with van der Waals surface area (Å²) in [6.45, 7) is 3.58. The van der Waals surface area contributed by atoms with Crippen LogP contribution in [0.1, 0.15) is 30.0 Å². The van der Waals surface area contributed by atoms with Gasteiger partial charge in [0.1, 0.15) is 5.15 Å². The Hall–Kier alpha value is -2.72. The average Bonchev–Trinajstić information content (AvgIpc) is 3.08. The van der Waals surface area contributed by atoms with Crippen molar-refractivity contribution in [3.63, 3.8) is 0 Å². The van der Waals surface area contributed by atoms with Crippen LogP contribution >= 0.6 is 11.6 Å². The lowest BCUT2D eigenvalue weighted by Gasteiger charge is -2.20. The van der Waals surface area contributed by atoms with Crippen LogP contribution in [0.4, 0.5) is 0 Å². The smallest absolute Gasteiger partial charge is 0.239 e. The first-order chi connectivity index (χ1) is 13.0. The number of hydrogen-bond acceptors (Lipinski definition) is 3. The molecule has 136 valence electrons. The molecule has 2 aromatic carbocycles. The fourth-order valence-electron chi connectivity index (χ4n) is 3.62. The summed E-state index contributed by atoms with van der Waals surface area (Å²) in [6, 6.07) is 18.1. The molecule has 0 N–H and O–H groups in total. The van der Waals surface area contributed by atoms with Gasteiger partial charge in [-0.2, -0.15) is 5.10 Å². The lowest BCUT2D eigenvalue weighted by Crippen LogP contribution is -2.32. The van der Waals surface area contributed by atoms with Crippen LogP contribution in [0.3, 0.4) is 0 Å². The minimum Gasteiger partial charge on any atom is -0.273 e. The Bertz CT molecular complexity index is 1050. The van der Waals surface area contributed by atoms with Gasteiger partial charge in [-0.3, -0.25) is 4.79 Å². The highest BCUT2D eigenvalue weighted by molar-refractivity contribution is 6.30. The fraction of sp³-hybridized carbons (Fsp3) is 0.227. The normalized spacial score (nSPS) is 16.6. The molecule has 27 heavy (non-hydrogen) atoms. The van der Waals surface area contributed by atoms with E-state index < -0.39 is 0 Å². The molecule has 4 nitrogen and oxygen atoms in total. The van der Waals surface area contributed by atoms with Crippen LogP contribution in [-0.2, 0) is 11.2 Å². The molecule has 1 aliphatic rings. The SMILES string of the molecule is CC(=O)N1N=C(c2ccccc2)C[C@H]1Cc1cc2cccc(C)c2nc1Cl. The molecule has 0 spiro atoms. The molecule has 1 amide bonds. The van der Waals surface area contributed by atoms with Gasteiger partial charge in [0.2, 0.25) is 5.91 Å². The molecule has 3 aromatic rings. The molecule has 0 saturated heterocycles. The summed E-state index contributed by atoms with van der Waals surface area (Å²) in [5.74, 6) is -0.0633. The number of benzene rings is 2. The van der Waals surface area contributed by atoms with Gasteiger partial charge in [-0.25, -0.2) is 9.99 Å². The second kappa shape index (κ2) is 7.12. The average molecular weight is 378 g/mol. The van der Waals surface area contributed by atoms with Crippen molar-refractivity contribution in [1.29, 1.82) is 0 Å². The third-order valence-corrected chi connectivity index (χ3v) is 5.29. The molecule has 4 rings (SSSR count). The van der Waals surface area contributed by atoms with Crippen molar-refractivity contribution in [2.75, 3.05) is 0 Å². The lowest BCUT2D eigenvalue weighted by molar-refractivity contribution is -0.130. The number of hydrogen-bond donors (Lipinski definition) is 0. The Balaban J connectivity index is 1.65. The summed E-state index contributed by atoms with van der Waals surface area (Å²) in [5, 5.41) is 7.72. The van der Waals surface area contributed by atoms with Gasteiger partial charge in [-0.05, 0) is 36.1 Å². The highest BCUT2D eigenvalue weighted by Crippen LogP contribution is 2.28. The molecule has 0 aliphatic carbocycles. The van der Waals surface area contributed by atoms with Crippen LogP contribution in [-0.4, -0.2) is 27.7 Å². The molecule has 0 radical (unpaired) electrons. The Kier molecular flexibility index (Phi) is 4.66. The lowest BCUT2D eigenvalue weighted by atomic mass is 9.98. The molecule has 0 bridgehead atoms. The Labute approximate surface area is 163 Å². The number of carbonyl (C=O) groups is 1. The minimum absolute atomic E-state index is 0.0562. The van der Waals surface area contributed by atoms with Crippen molar-refractivity contribution in [3.05, 3.63) is 76.4 Å². The van der Waals surface area contributed by atoms with Crippen LogP contribution in [0.2, 0.25) is 5.15 Å². The van der Waals surface area contributed by atoms with E-state index in [2.05, 4.69) is 16.2 Å². The largest absolute Gasteiger partial charge is 0.273 e. The quantitative estimate of drug-likeness (QED) is 0.617. The monoisotopic (exact) mass is 377 g/mol. The molecule has 0 unspecified atom stereocenters. The molecule has 0 saturated carbocycles. The highest BCUT2D eigenvalue weighted by atomic mass is 35.5. The Morgan fingerprint density at radius 1 is 1.19 bits per heavy atom. The molecule has 2 heterocycles. The van der Waals surface area contributed by atoms with Crippen molar-refractivity contribution in [3.8, 4) is 0 Å². The van der Waals surface area contributed by atoms with Gasteiger partial charge >= 0.3 is 0 Å². The topological polar surface area (TPSA) is 45.6 Å². The molecular formula is C22H20ClN3O. The third kappa shape index (κ3) is 3.45. The first kappa shape index (κ1) is 17.7. The molecule has 1 aromatic heterocycles. The number of carbonyl (C=O) groups excluding carboxylic acids is 1. The summed E-state index contributed by atoms with van der Waals surface area (Å²) < 4.78 is 0. The van der Waals surface area contributed by atoms with Gasteiger partial charge < -0.3 is 0 Å². The summed E-state index contributed by atoms with van der Waals surface area (Å²) in [6.07, 6.45) is 1.32. The molecule has 1 atom stereocenters. The molecule has 0 fully saturated rings. The highest BCUT2D eigenvalue weighted by Gasteiger charge is 2.30. The number of fused-ring (bicyclic) bond motifs is 1. The molecule has 5 heteroatoms. The Morgan fingerprint density at radius 2 is 1.96 bits per heavy atom. The minimum atomic E-state index is -0.0633. The van der Waals surface area contributed by atoms with Crippen molar-refractivity contribution in [2.45, 2.75) is 32.7 Å². The summed E-state index contributed by atoms with van der Waals surface area (Å²) in [7, 11) is 0. The molecular weight excluding hydrogens is 358 g/mol. The van der Waals surface area contributed by atoms with E-state index in [0.717, 1.165) is 33.3 Å². The third-order valence-electron chi connectivity index (χ3n) is 4.96. The number of amides is 1. The van der Waals surface area contributed by atoms with E-state index in [9.17, 15) is 4.79 Å². The summed E-state index contributed by atoms with van der Waals surface area (Å²) >= 11 is 6.48. The van der Waals surface area contributed by atoms with E-state index >= 15 is 0 Å². The van der Waals surface area contributed by atoms with Gasteiger partial charge in [0.15, 0.2) is 0 Å². The van der Waals surface area contributed by atoms with E-state index in [4.69, 9.17) is 11.6 Å². The zero-order chi connectivity index (χ0) is 19.0. The number of para-hydroxylation sites is 1. The first-order valence-electron chi connectivity index (χ1n) is 9.00. The zero-order valence-corrected chi connectivity index (χ0v) is 16.1. The van der Waals surface area contributed by atoms with Crippen molar-refractivity contribution < 1.29 is 4.79 Å². The molecule has 1 aliphatic heterocycles. The number of hydrazone groups is 1. The van der Waals surface area contributed by atoms with Crippen LogP contribution < -0.4 is 0 Å². The van der Waals surface area contributed by atoms with Gasteiger partial charge in [-0.15, -0.1) is 0 Å². The number of aromatic nitrogens is 1. The van der Waals surface area contributed by atoms with Crippen molar-refractivity contribution >= 4 is 34.1 Å². The number of halogens is 1.